The Morgan fingerprint density at radius 3 is 2.76 bits per heavy atom. The van der Waals surface area contributed by atoms with E-state index in [2.05, 4.69) is 26.7 Å². The molecule has 0 bridgehead atoms. The second kappa shape index (κ2) is 11.1. The Balaban J connectivity index is 1.66. The van der Waals surface area contributed by atoms with Gasteiger partial charge < -0.3 is 20.4 Å². The average Bonchev–Trinajstić information content (AvgIpc) is 3.19. The molecule has 1 unspecified atom stereocenters. The van der Waals surface area contributed by atoms with Crippen LogP contribution in [0.1, 0.15) is 36.2 Å². The molecule has 1 aliphatic rings. The van der Waals surface area contributed by atoms with E-state index >= 15 is 0 Å². The molecular formula is C25H32F3N5O. The lowest BCUT2D eigenvalue weighted by Gasteiger charge is -2.40. The number of methoxy groups -OCH3 is 1. The Morgan fingerprint density at radius 2 is 2.00 bits per heavy atom. The first-order chi connectivity index (χ1) is 16.5. The molecule has 34 heavy (non-hydrogen) atoms. The number of alkyl halides is 3. The number of nitrogens with zero attached hydrogens (tertiary/aromatic N) is 2. The number of pyridine rings is 1. The summed E-state index contributed by atoms with van der Waals surface area (Å²) >= 11 is 0. The molecule has 0 fully saturated rings. The first-order valence-electron chi connectivity index (χ1n) is 11.7. The number of halogens is 3. The lowest BCUT2D eigenvalue weighted by molar-refractivity contribution is 0.0449. The zero-order chi connectivity index (χ0) is 24.1. The van der Waals surface area contributed by atoms with Crippen molar-refractivity contribution in [3.05, 3.63) is 53.2 Å². The summed E-state index contributed by atoms with van der Waals surface area (Å²) in [5, 5.41) is 7.51. The largest absolute Gasteiger partial charge is 0.481 e. The van der Waals surface area contributed by atoms with Gasteiger partial charge in [0.05, 0.1) is 26.4 Å². The average molecular weight is 476 g/mol. The number of aromatic amines is 1. The van der Waals surface area contributed by atoms with Gasteiger partial charge in [0.2, 0.25) is 5.88 Å². The van der Waals surface area contributed by atoms with Crippen molar-refractivity contribution in [2.75, 3.05) is 45.3 Å². The maximum absolute atomic E-state index is 13.6. The highest BCUT2D eigenvalue weighted by Gasteiger charge is 2.38. The molecule has 1 aliphatic heterocycles. The van der Waals surface area contributed by atoms with E-state index in [9.17, 15) is 13.2 Å². The number of hydrogen-bond acceptors (Lipinski definition) is 5. The zero-order valence-electron chi connectivity index (χ0n) is 19.6. The number of ether oxygens (including phenoxy) is 1. The van der Waals surface area contributed by atoms with E-state index in [1.54, 1.807) is 7.11 Å². The van der Waals surface area contributed by atoms with Crippen LogP contribution in [0.4, 0.5) is 19.0 Å². The Bertz CT molecular complexity index is 1090. The predicted octanol–water partition coefficient (Wildman–Crippen LogP) is 4.53. The van der Waals surface area contributed by atoms with E-state index < -0.39 is 12.5 Å². The lowest BCUT2D eigenvalue weighted by Crippen LogP contribution is -2.45. The van der Waals surface area contributed by atoms with Gasteiger partial charge in [0, 0.05) is 41.3 Å². The molecule has 2 aromatic heterocycles. The normalized spacial score (nSPS) is 18.4. The van der Waals surface area contributed by atoms with Gasteiger partial charge in [-0.15, -0.1) is 0 Å². The maximum Gasteiger partial charge on any atom is 0.251 e. The summed E-state index contributed by atoms with van der Waals surface area (Å²) in [5.41, 5.74) is 3.81. The number of fused-ring (bicyclic) bond motifs is 3. The van der Waals surface area contributed by atoms with Gasteiger partial charge in [-0.3, -0.25) is 9.29 Å². The number of anilines is 1. The van der Waals surface area contributed by atoms with E-state index in [0.29, 0.717) is 44.2 Å². The van der Waals surface area contributed by atoms with Crippen LogP contribution >= 0.6 is 0 Å². The van der Waals surface area contributed by atoms with Crippen molar-refractivity contribution >= 4 is 16.7 Å². The summed E-state index contributed by atoms with van der Waals surface area (Å²) in [7, 11) is 1.55. The number of aromatic nitrogens is 2. The number of nitrogens with one attached hydrogen (secondary N) is 3. The molecule has 1 aromatic carbocycles. The molecular weight excluding hydrogens is 443 g/mol. The summed E-state index contributed by atoms with van der Waals surface area (Å²) in [6.45, 7) is 3.24. The van der Waals surface area contributed by atoms with Gasteiger partial charge in [0.25, 0.3) is 6.43 Å². The molecule has 3 N–H and O–H groups in total. The summed E-state index contributed by atoms with van der Waals surface area (Å²) in [5.74, 6) is 1.03. The van der Waals surface area contributed by atoms with Gasteiger partial charge in [-0.2, -0.15) is 4.98 Å². The van der Waals surface area contributed by atoms with Crippen LogP contribution in [0.5, 0.6) is 5.88 Å². The number of hydrogen-bond donors (Lipinski definition) is 3. The zero-order valence-corrected chi connectivity index (χ0v) is 19.6. The third-order valence-corrected chi connectivity index (χ3v) is 6.34. The molecule has 0 aliphatic carbocycles. The summed E-state index contributed by atoms with van der Waals surface area (Å²) < 4.78 is 45.1. The highest BCUT2D eigenvalue weighted by atomic mass is 19.3. The smallest absolute Gasteiger partial charge is 0.251 e. The maximum atomic E-state index is 13.6. The monoisotopic (exact) mass is 475 g/mol. The third-order valence-electron chi connectivity index (χ3n) is 6.34. The minimum atomic E-state index is -2.46. The van der Waals surface area contributed by atoms with Gasteiger partial charge in [0.15, 0.2) is 0 Å². The fraction of sp³-hybridized carbons (Fsp3) is 0.480. The summed E-state index contributed by atoms with van der Waals surface area (Å²) in [4.78, 5) is 9.95. The van der Waals surface area contributed by atoms with Crippen molar-refractivity contribution in [1.29, 1.82) is 0 Å². The molecule has 2 atom stereocenters. The van der Waals surface area contributed by atoms with Crippen molar-refractivity contribution in [3.8, 4) is 5.88 Å². The molecule has 3 heterocycles. The van der Waals surface area contributed by atoms with Crippen molar-refractivity contribution in [2.45, 2.75) is 38.3 Å². The second-order valence-electron chi connectivity index (χ2n) is 8.62. The van der Waals surface area contributed by atoms with Gasteiger partial charge >= 0.3 is 0 Å². The van der Waals surface area contributed by atoms with E-state index in [1.165, 1.54) is 0 Å². The minimum Gasteiger partial charge on any atom is -0.481 e. The minimum absolute atomic E-state index is 0.0800. The van der Waals surface area contributed by atoms with Crippen molar-refractivity contribution in [2.24, 2.45) is 0 Å². The first-order valence-corrected chi connectivity index (χ1v) is 11.7. The number of rotatable bonds is 11. The summed E-state index contributed by atoms with van der Waals surface area (Å²) in [6.07, 6.45) is -1.28. The predicted molar refractivity (Wildman–Crippen MR) is 129 cm³/mol. The topological polar surface area (TPSA) is 65.2 Å². The summed E-state index contributed by atoms with van der Waals surface area (Å²) in [6, 6.07) is 11.3. The van der Waals surface area contributed by atoms with Crippen molar-refractivity contribution in [3.63, 3.8) is 0 Å². The van der Waals surface area contributed by atoms with E-state index in [1.807, 2.05) is 42.2 Å². The van der Waals surface area contributed by atoms with Gasteiger partial charge in [-0.05, 0) is 50.1 Å². The van der Waals surface area contributed by atoms with Crippen LogP contribution in [0.25, 0.3) is 10.9 Å². The van der Waals surface area contributed by atoms with Crippen LogP contribution in [0.2, 0.25) is 0 Å². The molecule has 6 nitrogen and oxygen atoms in total. The van der Waals surface area contributed by atoms with Crippen LogP contribution in [0, 0.1) is 0 Å². The quantitative estimate of drug-likeness (QED) is 0.356. The standard InChI is InChI=1S/C25H32F3N5O/c1-16-14-19-17-6-3-4-7-20(17)31-23(19)24(33(16)15-21(27)28)18-8-9-22(32-25(18)34-2)30-13-12-29-11-5-10-26/h3-4,6-9,16,21,24,29,31H,5,10-15H2,1-2H3,(H,30,32)/t16-,24?/m1/s1. The van der Waals surface area contributed by atoms with Crippen LogP contribution in [0.15, 0.2) is 36.4 Å². The Labute approximate surface area is 197 Å². The molecule has 0 saturated heterocycles. The SMILES string of the molecule is COc1nc(NCCNCCCF)ccc1C1c2[nH]c3ccccc3c2C[C@@H](C)N1CC(F)F. The molecule has 9 heteroatoms. The van der Waals surface area contributed by atoms with Gasteiger partial charge in [-0.1, -0.05) is 18.2 Å². The number of para-hydroxylation sites is 1. The molecule has 0 amide bonds. The molecule has 0 radical (unpaired) electrons. The van der Waals surface area contributed by atoms with Crippen LogP contribution < -0.4 is 15.4 Å². The Hall–Kier alpha value is -2.78. The molecule has 184 valence electrons. The van der Waals surface area contributed by atoms with Crippen molar-refractivity contribution < 1.29 is 17.9 Å². The molecule has 4 rings (SSSR count). The highest BCUT2D eigenvalue weighted by molar-refractivity contribution is 5.85. The fourth-order valence-electron chi connectivity index (χ4n) is 4.80. The van der Waals surface area contributed by atoms with Crippen LogP contribution in [0.3, 0.4) is 0 Å². The lowest BCUT2D eigenvalue weighted by atomic mass is 9.89. The first kappa shape index (κ1) is 24.3. The molecule has 0 saturated carbocycles. The molecule has 0 spiro atoms. The van der Waals surface area contributed by atoms with Crippen LogP contribution in [-0.4, -0.2) is 67.3 Å². The van der Waals surface area contributed by atoms with Gasteiger partial charge in [0.1, 0.15) is 5.82 Å². The Kier molecular flexibility index (Phi) is 7.95. The number of benzene rings is 1. The Morgan fingerprint density at radius 1 is 1.18 bits per heavy atom. The van der Waals surface area contributed by atoms with E-state index in [-0.39, 0.29) is 19.3 Å². The highest BCUT2D eigenvalue weighted by Crippen LogP contribution is 2.43. The fourth-order valence-corrected chi connectivity index (χ4v) is 4.80. The molecule has 3 aromatic rings. The van der Waals surface area contributed by atoms with Gasteiger partial charge in [-0.25, -0.2) is 8.78 Å². The van der Waals surface area contributed by atoms with Crippen molar-refractivity contribution in [1.82, 2.24) is 20.2 Å². The second-order valence-corrected chi connectivity index (χ2v) is 8.62. The van der Waals surface area contributed by atoms with E-state index in [4.69, 9.17) is 4.74 Å². The number of H-pyrrole nitrogens is 1. The van der Waals surface area contributed by atoms with E-state index in [0.717, 1.165) is 27.7 Å². The third kappa shape index (κ3) is 5.15. The van der Waals surface area contributed by atoms with Crippen LogP contribution in [-0.2, 0) is 6.42 Å².